The summed E-state index contributed by atoms with van der Waals surface area (Å²) >= 11 is 6.55. The lowest BCUT2D eigenvalue weighted by molar-refractivity contribution is -0.141. The highest BCUT2D eigenvalue weighted by Crippen LogP contribution is 2.42. The van der Waals surface area contributed by atoms with E-state index in [-0.39, 0.29) is 37.4 Å². The van der Waals surface area contributed by atoms with Gasteiger partial charge in [0.2, 0.25) is 11.8 Å². The first-order chi connectivity index (χ1) is 21.3. The first kappa shape index (κ1) is 30.2. The minimum Gasteiger partial charge on any atom is -0.352 e. The summed E-state index contributed by atoms with van der Waals surface area (Å²) in [4.78, 5) is 29.9. The summed E-state index contributed by atoms with van der Waals surface area (Å²) in [6.45, 7) is 0.320. The van der Waals surface area contributed by atoms with Crippen LogP contribution in [-0.2, 0) is 32.6 Å². The van der Waals surface area contributed by atoms with E-state index in [4.69, 9.17) is 11.6 Å². The summed E-state index contributed by atoms with van der Waals surface area (Å²) in [6.07, 6.45) is 4.74. The lowest BCUT2D eigenvalue weighted by Crippen LogP contribution is -2.52. The van der Waals surface area contributed by atoms with Gasteiger partial charge in [0.15, 0.2) is 0 Å². The summed E-state index contributed by atoms with van der Waals surface area (Å²) < 4.78 is 28.4. The average molecular weight is 630 g/mol. The molecular weight excluding hydrogens is 594 g/mol. The smallest absolute Gasteiger partial charge is 0.265 e. The summed E-state index contributed by atoms with van der Waals surface area (Å²) in [5, 5.41) is 5.32. The number of halogens is 1. The summed E-state index contributed by atoms with van der Waals surface area (Å²) in [6, 6.07) is 27.3. The van der Waals surface area contributed by atoms with E-state index in [0.29, 0.717) is 33.8 Å². The number of nitrogens with one attached hydrogen (secondary N) is 1. The summed E-state index contributed by atoms with van der Waals surface area (Å²) in [7, 11) is -3.73. The Morgan fingerprint density at radius 1 is 0.909 bits per heavy atom. The highest BCUT2D eigenvalue weighted by Gasteiger charge is 2.36. The highest BCUT2D eigenvalue weighted by molar-refractivity contribution is 7.93. The molecule has 6 rings (SSSR count). The van der Waals surface area contributed by atoms with Crippen molar-refractivity contribution < 1.29 is 18.0 Å². The molecule has 0 aromatic heterocycles. The van der Waals surface area contributed by atoms with Crippen LogP contribution in [0.1, 0.15) is 49.7 Å². The molecule has 1 saturated carbocycles. The van der Waals surface area contributed by atoms with Crippen molar-refractivity contribution in [3.05, 3.63) is 107 Å². The minimum absolute atomic E-state index is 0.0742. The van der Waals surface area contributed by atoms with Gasteiger partial charge in [-0.3, -0.25) is 13.9 Å². The molecule has 0 saturated heterocycles. The number of carbonyl (C=O) groups is 2. The van der Waals surface area contributed by atoms with Gasteiger partial charge >= 0.3 is 0 Å². The third-order valence-corrected chi connectivity index (χ3v) is 10.9. The maximum Gasteiger partial charge on any atom is 0.265 e. The quantitative estimate of drug-likeness (QED) is 0.206. The molecule has 4 aromatic carbocycles. The van der Waals surface area contributed by atoms with Crippen LogP contribution in [0.25, 0.3) is 10.8 Å². The van der Waals surface area contributed by atoms with Crippen molar-refractivity contribution in [2.75, 3.05) is 10.8 Å². The van der Waals surface area contributed by atoms with E-state index in [2.05, 4.69) is 5.32 Å². The van der Waals surface area contributed by atoms with Gasteiger partial charge in [-0.25, -0.2) is 8.42 Å². The van der Waals surface area contributed by atoms with E-state index >= 15 is 0 Å². The fourth-order valence-electron chi connectivity index (χ4n) is 6.45. The largest absolute Gasteiger partial charge is 0.352 e. The Labute approximate surface area is 263 Å². The van der Waals surface area contributed by atoms with Crippen LogP contribution in [0.5, 0.6) is 0 Å². The SMILES string of the molecule is O=C(NC1CCCC1)[C@H](Cc1ccccc1)N(Cc1ccccc1Cl)C(=O)CCCN1c2cccc3cccc(c23)S1(=O)=O. The van der Waals surface area contributed by atoms with E-state index in [0.717, 1.165) is 42.2 Å². The second-order valence-corrected chi connectivity index (χ2v) is 13.9. The number of rotatable bonds is 11. The summed E-state index contributed by atoms with van der Waals surface area (Å²) in [5.41, 5.74) is 2.33. The topological polar surface area (TPSA) is 86.8 Å². The minimum atomic E-state index is -3.73. The van der Waals surface area contributed by atoms with Gasteiger partial charge in [-0.2, -0.15) is 0 Å². The molecule has 0 bridgehead atoms. The second kappa shape index (κ2) is 13.0. The van der Waals surface area contributed by atoms with Crippen LogP contribution in [0, 0.1) is 0 Å². The van der Waals surface area contributed by atoms with Crippen LogP contribution >= 0.6 is 11.6 Å². The lowest BCUT2D eigenvalue weighted by atomic mass is 10.0. The monoisotopic (exact) mass is 629 g/mol. The predicted octanol–water partition coefficient (Wildman–Crippen LogP) is 6.48. The molecule has 2 amide bonds. The van der Waals surface area contributed by atoms with Crippen molar-refractivity contribution in [2.24, 2.45) is 0 Å². The maximum atomic E-state index is 14.1. The number of hydrogen-bond acceptors (Lipinski definition) is 4. The Balaban J connectivity index is 1.25. The zero-order valence-electron chi connectivity index (χ0n) is 24.5. The van der Waals surface area contributed by atoms with Gasteiger partial charge in [-0.15, -0.1) is 0 Å². The van der Waals surface area contributed by atoms with Crippen molar-refractivity contribution in [1.29, 1.82) is 0 Å². The second-order valence-electron chi connectivity index (χ2n) is 11.6. The molecule has 1 atom stereocenters. The van der Waals surface area contributed by atoms with Crippen LogP contribution in [0.4, 0.5) is 5.69 Å². The van der Waals surface area contributed by atoms with Gasteiger partial charge in [0.05, 0.1) is 10.6 Å². The first-order valence-corrected chi connectivity index (χ1v) is 17.1. The van der Waals surface area contributed by atoms with Gasteiger partial charge in [0.25, 0.3) is 10.0 Å². The Morgan fingerprint density at radius 2 is 1.61 bits per heavy atom. The molecule has 1 N–H and O–H groups in total. The molecule has 4 aromatic rings. The predicted molar refractivity (Wildman–Crippen MR) is 174 cm³/mol. The van der Waals surface area contributed by atoms with Crippen molar-refractivity contribution in [3.63, 3.8) is 0 Å². The van der Waals surface area contributed by atoms with E-state index < -0.39 is 16.1 Å². The van der Waals surface area contributed by atoms with Crippen LogP contribution in [0.2, 0.25) is 5.02 Å². The molecule has 7 nitrogen and oxygen atoms in total. The van der Waals surface area contributed by atoms with Crippen LogP contribution in [-0.4, -0.2) is 43.8 Å². The van der Waals surface area contributed by atoms with Crippen LogP contribution in [0.15, 0.2) is 95.9 Å². The first-order valence-electron chi connectivity index (χ1n) is 15.2. The zero-order valence-corrected chi connectivity index (χ0v) is 26.1. The van der Waals surface area contributed by atoms with Gasteiger partial charge in [-0.1, -0.05) is 97.2 Å². The van der Waals surface area contributed by atoms with Crippen molar-refractivity contribution in [3.8, 4) is 0 Å². The van der Waals surface area contributed by atoms with Gasteiger partial charge < -0.3 is 10.2 Å². The number of amides is 2. The van der Waals surface area contributed by atoms with E-state index in [1.807, 2.05) is 72.8 Å². The Kier molecular flexibility index (Phi) is 8.91. The molecule has 9 heteroatoms. The standard InChI is InChI=1S/C35H36ClN3O4S/c36-29-18-7-4-13-27(29)24-38(31(23-25-11-2-1-3-12-25)35(41)37-28-16-5-6-17-28)33(40)21-10-22-39-30-19-8-14-26-15-9-20-32(34(26)30)44(39,42)43/h1-4,7-9,11-15,18-20,28,31H,5-6,10,16-17,21-24H2,(H,37,41)/t31-/m0/s1. The van der Waals surface area contributed by atoms with Crippen molar-refractivity contribution in [2.45, 2.75) is 68.5 Å². The third-order valence-electron chi connectivity index (χ3n) is 8.70. The Bertz CT molecular complexity index is 1770. The molecule has 228 valence electrons. The van der Waals surface area contributed by atoms with Crippen molar-refractivity contribution in [1.82, 2.24) is 10.2 Å². The number of carbonyl (C=O) groups excluding carboxylic acids is 2. The fourth-order valence-corrected chi connectivity index (χ4v) is 8.39. The number of sulfonamides is 1. The number of nitrogens with zero attached hydrogens (tertiary/aromatic N) is 2. The Hall–Kier alpha value is -3.88. The fraction of sp³-hybridized carbons (Fsp3) is 0.314. The number of anilines is 1. The Morgan fingerprint density at radius 3 is 2.36 bits per heavy atom. The molecule has 1 aliphatic heterocycles. The van der Waals surface area contributed by atoms with Crippen LogP contribution in [0.3, 0.4) is 0 Å². The number of hydrogen-bond donors (Lipinski definition) is 1. The average Bonchev–Trinajstić information content (AvgIpc) is 3.61. The molecule has 44 heavy (non-hydrogen) atoms. The summed E-state index contributed by atoms with van der Waals surface area (Å²) in [5.74, 6) is -0.398. The molecular formula is C35H36ClN3O4S. The van der Waals surface area contributed by atoms with E-state index in [1.54, 1.807) is 23.1 Å². The van der Waals surface area contributed by atoms with Crippen LogP contribution < -0.4 is 9.62 Å². The van der Waals surface area contributed by atoms with E-state index in [1.165, 1.54) is 4.31 Å². The third kappa shape index (κ3) is 6.19. The molecule has 1 heterocycles. The van der Waals surface area contributed by atoms with E-state index in [9.17, 15) is 18.0 Å². The zero-order chi connectivity index (χ0) is 30.7. The molecule has 2 aliphatic rings. The molecule has 0 radical (unpaired) electrons. The highest BCUT2D eigenvalue weighted by atomic mass is 35.5. The molecule has 0 unspecified atom stereocenters. The molecule has 1 fully saturated rings. The maximum absolute atomic E-state index is 14.1. The van der Waals surface area contributed by atoms with Crippen molar-refractivity contribution >= 4 is 49.9 Å². The molecule has 0 spiro atoms. The van der Waals surface area contributed by atoms with Gasteiger partial charge in [0, 0.05) is 42.4 Å². The van der Waals surface area contributed by atoms with Gasteiger partial charge in [-0.05, 0) is 54.0 Å². The number of benzene rings is 4. The lowest BCUT2D eigenvalue weighted by Gasteiger charge is -2.33. The molecule has 1 aliphatic carbocycles. The van der Waals surface area contributed by atoms with Gasteiger partial charge in [0.1, 0.15) is 6.04 Å². The normalized spacial score (nSPS) is 16.2.